The zero-order chi connectivity index (χ0) is 14.0. The minimum Gasteiger partial charge on any atom is -0.369 e. The molecule has 0 aliphatic carbocycles. The van der Waals surface area contributed by atoms with E-state index in [1.165, 1.54) is 0 Å². The van der Waals surface area contributed by atoms with E-state index in [4.69, 9.17) is 11.6 Å². The van der Waals surface area contributed by atoms with Crippen molar-refractivity contribution in [3.63, 3.8) is 0 Å². The summed E-state index contributed by atoms with van der Waals surface area (Å²) in [7, 11) is 1.65. The molecule has 5 heteroatoms. The summed E-state index contributed by atoms with van der Waals surface area (Å²) >= 11 is 6.04. The number of nitriles is 1. The first-order chi connectivity index (χ1) is 9.01. The van der Waals surface area contributed by atoms with E-state index >= 15 is 0 Å². The molecule has 1 aliphatic heterocycles. The number of carbonyl (C=O) groups excluding carboxylic acids is 1. The van der Waals surface area contributed by atoms with E-state index in [-0.39, 0.29) is 5.91 Å². The summed E-state index contributed by atoms with van der Waals surface area (Å²) in [4.78, 5) is 14.0. The zero-order valence-electron chi connectivity index (χ0n) is 11.0. The molecule has 1 aromatic rings. The highest BCUT2D eigenvalue weighted by Crippen LogP contribution is 2.36. The lowest BCUT2D eigenvalue weighted by Crippen LogP contribution is -2.39. The number of hydrogen-bond acceptors (Lipinski definition) is 3. The number of hydrogen-bond donors (Lipinski definition) is 1. The molecule has 2 rings (SSSR count). The van der Waals surface area contributed by atoms with E-state index in [1.54, 1.807) is 13.1 Å². The third-order valence-electron chi connectivity index (χ3n) is 3.69. The Morgan fingerprint density at radius 1 is 1.58 bits per heavy atom. The van der Waals surface area contributed by atoms with Gasteiger partial charge in [0.15, 0.2) is 0 Å². The maximum atomic E-state index is 11.9. The lowest BCUT2D eigenvalue weighted by molar-refractivity contribution is -0.128. The fourth-order valence-corrected chi connectivity index (χ4v) is 2.75. The quantitative estimate of drug-likeness (QED) is 0.901. The maximum absolute atomic E-state index is 11.9. The molecule has 1 aromatic carbocycles. The molecular formula is C14H16ClN3O. The molecule has 1 N–H and O–H groups in total. The van der Waals surface area contributed by atoms with Crippen LogP contribution in [0.2, 0.25) is 5.02 Å². The van der Waals surface area contributed by atoms with Crippen LogP contribution in [0.1, 0.15) is 18.9 Å². The molecule has 1 saturated heterocycles. The summed E-state index contributed by atoms with van der Waals surface area (Å²) < 4.78 is 0. The van der Waals surface area contributed by atoms with E-state index < -0.39 is 5.41 Å². The molecule has 4 nitrogen and oxygen atoms in total. The Hall–Kier alpha value is -1.73. The first kappa shape index (κ1) is 13.7. The first-order valence-corrected chi connectivity index (χ1v) is 6.55. The molecule has 1 amide bonds. The highest BCUT2D eigenvalue weighted by atomic mass is 35.5. The van der Waals surface area contributed by atoms with Crippen LogP contribution in [0.15, 0.2) is 18.2 Å². The highest BCUT2D eigenvalue weighted by Gasteiger charge is 2.40. The van der Waals surface area contributed by atoms with Crippen LogP contribution in [0.25, 0.3) is 0 Å². The van der Waals surface area contributed by atoms with Gasteiger partial charge in [-0.05, 0) is 25.5 Å². The molecule has 0 radical (unpaired) electrons. The third-order valence-corrected chi connectivity index (χ3v) is 4.01. The predicted molar refractivity (Wildman–Crippen MR) is 75.2 cm³/mol. The largest absolute Gasteiger partial charge is 0.369 e. The highest BCUT2D eigenvalue weighted by molar-refractivity contribution is 6.32. The number of nitrogens with one attached hydrogen (secondary N) is 1. The molecule has 19 heavy (non-hydrogen) atoms. The van der Waals surface area contributed by atoms with Crippen molar-refractivity contribution in [2.45, 2.75) is 13.3 Å². The Balaban J connectivity index is 2.30. The van der Waals surface area contributed by atoms with Crippen LogP contribution in [-0.2, 0) is 4.79 Å². The molecular weight excluding hydrogens is 262 g/mol. The van der Waals surface area contributed by atoms with Crippen LogP contribution < -0.4 is 10.2 Å². The minimum atomic E-state index is -0.413. The minimum absolute atomic E-state index is 0.0375. The number of rotatable bonds is 2. The fraction of sp³-hybridized carbons (Fsp3) is 0.429. The molecule has 1 unspecified atom stereocenters. The molecule has 1 aliphatic rings. The second-order valence-corrected chi connectivity index (χ2v) is 5.46. The summed E-state index contributed by atoms with van der Waals surface area (Å²) in [6, 6.07) is 7.55. The van der Waals surface area contributed by atoms with Gasteiger partial charge >= 0.3 is 0 Å². The van der Waals surface area contributed by atoms with Gasteiger partial charge in [-0.1, -0.05) is 17.7 Å². The molecule has 0 saturated carbocycles. The molecule has 1 heterocycles. The van der Waals surface area contributed by atoms with Gasteiger partial charge in [-0.2, -0.15) is 5.26 Å². The van der Waals surface area contributed by atoms with Crippen molar-refractivity contribution < 1.29 is 4.79 Å². The van der Waals surface area contributed by atoms with Gasteiger partial charge in [-0.25, -0.2) is 0 Å². The van der Waals surface area contributed by atoms with Gasteiger partial charge in [0.05, 0.1) is 21.7 Å². The first-order valence-electron chi connectivity index (χ1n) is 6.17. The third kappa shape index (κ3) is 2.39. The topological polar surface area (TPSA) is 56.1 Å². The second-order valence-electron chi connectivity index (χ2n) is 5.06. The number of nitrogens with zero attached hydrogens (tertiary/aromatic N) is 2. The monoisotopic (exact) mass is 277 g/mol. The molecule has 1 atom stereocenters. The summed E-state index contributed by atoms with van der Waals surface area (Å²) in [6.07, 6.45) is 0.768. The van der Waals surface area contributed by atoms with Crippen molar-refractivity contribution in [2.24, 2.45) is 5.41 Å². The lowest BCUT2D eigenvalue weighted by atomic mass is 9.89. The van der Waals surface area contributed by atoms with Crippen LogP contribution >= 0.6 is 11.6 Å². The summed E-state index contributed by atoms with van der Waals surface area (Å²) in [6.45, 7) is 3.29. The van der Waals surface area contributed by atoms with Crippen LogP contribution in [0.4, 0.5) is 5.69 Å². The average Bonchev–Trinajstić information content (AvgIpc) is 2.81. The molecule has 100 valence electrons. The van der Waals surface area contributed by atoms with Gasteiger partial charge < -0.3 is 10.2 Å². The van der Waals surface area contributed by atoms with Gasteiger partial charge in [0.1, 0.15) is 6.07 Å². The normalized spacial score (nSPS) is 22.1. The number of amides is 1. The summed E-state index contributed by atoms with van der Waals surface area (Å²) in [5.41, 5.74) is 0.872. The van der Waals surface area contributed by atoms with Gasteiger partial charge in [0, 0.05) is 20.1 Å². The van der Waals surface area contributed by atoms with Crippen molar-refractivity contribution >= 4 is 23.2 Å². The molecule has 0 aromatic heterocycles. The van der Waals surface area contributed by atoms with Crippen molar-refractivity contribution in [1.82, 2.24) is 5.32 Å². The summed E-state index contributed by atoms with van der Waals surface area (Å²) in [5, 5.41) is 12.4. The van der Waals surface area contributed by atoms with Gasteiger partial charge in [-0.3, -0.25) is 4.79 Å². The number of halogens is 1. The Bertz CT molecular complexity index is 552. The number of benzene rings is 1. The van der Waals surface area contributed by atoms with Crippen LogP contribution in [0.5, 0.6) is 0 Å². The van der Waals surface area contributed by atoms with Gasteiger partial charge in [0.2, 0.25) is 5.91 Å². The van der Waals surface area contributed by atoms with E-state index in [9.17, 15) is 10.1 Å². The SMILES string of the molecule is CNC(=O)C1(C)CCN(c2cccc(Cl)c2C#N)C1. The zero-order valence-corrected chi connectivity index (χ0v) is 11.8. The van der Waals surface area contributed by atoms with E-state index in [1.807, 2.05) is 19.1 Å². The fourth-order valence-electron chi connectivity index (χ4n) is 2.54. The Kier molecular flexibility index (Phi) is 3.68. The predicted octanol–water partition coefficient (Wildman–Crippen LogP) is 2.17. The van der Waals surface area contributed by atoms with Crippen molar-refractivity contribution in [3.8, 4) is 6.07 Å². The maximum Gasteiger partial charge on any atom is 0.227 e. The molecule has 0 spiro atoms. The Morgan fingerprint density at radius 3 is 2.95 bits per heavy atom. The van der Waals surface area contributed by atoms with Crippen molar-refractivity contribution in [3.05, 3.63) is 28.8 Å². The van der Waals surface area contributed by atoms with Crippen LogP contribution in [0.3, 0.4) is 0 Å². The second kappa shape index (κ2) is 5.10. The Morgan fingerprint density at radius 2 is 2.32 bits per heavy atom. The van der Waals surface area contributed by atoms with E-state index in [0.717, 1.165) is 18.7 Å². The molecule has 0 bridgehead atoms. The van der Waals surface area contributed by atoms with Gasteiger partial charge in [-0.15, -0.1) is 0 Å². The molecule has 1 fully saturated rings. The summed E-state index contributed by atoms with van der Waals surface area (Å²) in [5.74, 6) is 0.0375. The van der Waals surface area contributed by atoms with E-state index in [2.05, 4.69) is 16.3 Å². The Labute approximate surface area is 118 Å². The smallest absolute Gasteiger partial charge is 0.227 e. The number of carbonyl (C=O) groups is 1. The van der Waals surface area contributed by atoms with Gasteiger partial charge in [0.25, 0.3) is 0 Å². The van der Waals surface area contributed by atoms with Crippen molar-refractivity contribution in [2.75, 3.05) is 25.0 Å². The van der Waals surface area contributed by atoms with E-state index in [0.29, 0.717) is 17.1 Å². The van der Waals surface area contributed by atoms with Crippen LogP contribution in [-0.4, -0.2) is 26.0 Å². The van der Waals surface area contributed by atoms with Crippen molar-refractivity contribution in [1.29, 1.82) is 5.26 Å². The average molecular weight is 278 g/mol. The lowest BCUT2D eigenvalue weighted by Gasteiger charge is -2.24. The standard InChI is InChI=1S/C14H16ClN3O/c1-14(13(19)17-2)6-7-18(9-14)12-5-3-4-11(15)10(12)8-16/h3-5H,6-7,9H2,1-2H3,(H,17,19). The number of anilines is 1. The van der Waals surface area contributed by atoms with Crippen LogP contribution in [0, 0.1) is 16.7 Å².